The molecule has 0 radical (unpaired) electrons. The van der Waals surface area contributed by atoms with E-state index in [1.807, 2.05) is 39.5 Å². The van der Waals surface area contributed by atoms with Crippen LogP contribution < -0.4 is 11.2 Å². The van der Waals surface area contributed by atoms with Gasteiger partial charge in [0.25, 0.3) is 0 Å². The molecule has 0 aliphatic heterocycles. The third-order valence-electron chi connectivity index (χ3n) is 3.45. The van der Waals surface area contributed by atoms with Crippen molar-refractivity contribution in [3.05, 3.63) is 41.7 Å². The predicted molar refractivity (Wildman–Crippen MR) is 111 cm³/mol. The van der Waals surface area contributed by atoms with Crippen molar-refractivity contribution in [1.82, 2.24) is 5.43 Å². The van der Waals surface area contributed by atoms with Crippen molar-refractivity contribution < 1.29 is 0 Å². The van der Waals surface area contributed by atoms with Crippen molar-refractivity contribution in [3.63, 3.8) is 0 Å². The second kappa shape index (κ2) is 15.1. The van der Waals surface area contributed by atoms with E-state index < -0.39 is 0 Å². The molecule has 0 unspecified atom stereocenters. The Morgan fingerprint density at radius 1 is 1.12 bits per heavy atom. The number of unbranched alkanes of at least 4 members (excludes halogenated alkanes) is 4. The highest BCUT2D eigenvalue weighted by atomic mass is 32.2. The first-order valence-corrected chi connectivity index (χ1v) is 10.1. The Bertz CT molecular complexity index is 478. The van der Waals surface area contributed by atoms with Gasteiger partial charge >= 0.3 is 0 Å². The van der Waals surface area contributed by atoms with Gasteiger partial charge in [-0.25, -0.2) is 0 Å². The van der Waals surface area contributed by atoms with E-state index in [-0.39, 0.29) is 0 Å². The lowest BCUT2D eigenvalue weighted by atomic mass is 10.1. The van der Waals surface area contributed by atoms with E-state index in [0.717, 1.165) is 11.3 Å². The van der Waals surface area contributed by atoms with Crippen LogP contribution in [0, 0.1) is 0 Å². The van der Waals surface area contributed by atoms with Gasteiger partial charge in [-0.3, -0.25) is 5.43 Å². The Balaban J connectivity index is 0.00000254. The Morgan fingerprint density at radius 2 is 1.75 bits per heavy atom. The van der Waals surface area contributed by atoms with Gasteiger partial charge in [0.2, 0.25) is 0 Å². The summed E-state index contributed by atoms with van der Waals surface area (Å²) in [5.74, 6) is 1.77. The monoisotopic (exact) mass is 349 g/mol. The standard InChI is InChI=1S/C18H29N3S.C2H6/c1-4-6-7-8-9-14-22-17-12-10-16(11-13-17)15(3)20-21-18(19)5-2;1-2/h5,10-13,21H,4,6-9,14,19H2,1-3H3;1-2H3/b18-5+,20-15+;. The lowest BCUT2D eigenvalue weighted by Gasteiger charge is -2.05. The second-order valence-electron chi connectivity index (χ2n) is 5.34. The van der Waals surface area contributed by atoms with Crippen molar-refractivity contribution in [2.75, 3.05) is 5.75 Å². The Morgan fingerprint density at radius 3 is 2.33 bits per heavy atom. The van der Waals surface area contributed by atoms with Gasteiger partial charge in [-0.15, -0.1) is 11.8 Å². The molecule has 3 N–H and O–H groups in total. The number of rotatable bonds is 10. The third-order valence-corrected chi connectivity index (χ3v) is 4.55. The van der Waals surface area contributed by atoms with Crippen LogP contribution in [0.2, 0.25) is 0 Å². The number of thioether (sulfide) groups is 1. The topological polar surface area (TPSA) is 50.4 Å². The molecule has 0 saturated heterocycles. The minimum absolute atomic E-state index is 0.564. The van der Waals surface area contributed by atoms with Crippen LogP contribution in [-0.2, 0) is 0 Å². The van der Waals surface area contributed by atoms with Crippen LogP contribution in [0.15, 0.2) is 46.2 Å². The smallest absolute Gasteiger partial charge is 0.112 e. The summed E-state index contributed by atoms with van der Waals surface area (Å²) in [4.78, 5) is 1.33. The Hall–Kier alpha value is -1.42. The zero-order chi connectivity index (χ0) is 18.2. The van der Waals surface area contributed by atoms with Crippen LogP contribution in [0.5, 0.6) is 0 Å². The molecule has 1 aromatic carbocycles. The lowest BCUT2D eigenvalue weighted by Crippen LogP contribution is -2.15. The zero-order valence-electron chi connectivity index (χ0n) is 16.1. The first-order valence-electron chi connectivity index (χ1n) is 9.12. The maximum atomic E-state index is 5.66. The number of hydrogen-bond donors (Lipinski definition) is 2. The number of nitrogens with one attached hydrogen (secondary N) is 1. The van der Waals surface area contributed by atoms with Gasteiger partial charge in [0.1, 0.15) is 5.82 Å². The summed E-state index contributed by atoms with van der Waals surface area (Å²) in [6.07, 6.45) is 8.49. The zero-order valence-corrected chi connectivity index (χ0v) is 16.9. The maximum Gasteiger partial charge on any atom is 0.112 e. The molecule has 1 aromatic rings. The van der Waals surface area contributed by atoms with Gasteiger partial charge in [0.15, 0.2) is 0 Å². The van der Waals surface area contributed by atoms with Crippen molar-refractivity contribution in [2.45, 2.75) is 71.6 Å². The number of hydrazone groups is 1. The van der Waals surface area contributed by atoms with E-state index >= 15 is 0 Å². The summed E-state index contributed by atoms with van der Waals surface area (Å²) in [6, 6.07) is 8.58. The molecule has 0 heterocycles. The molecule has 0 bridgehead atoms. The average molecular weight is 350 g/mol. The molecule has 4 heteroatoms. The molecule has 0 fully saturated rings. The van der Waals surface area contributed by atoms with E-state index in [2.05, 4.69) is 41.7 Å². The lowest BCUT2D eigenvalue weighted by molar-refractivity contribution is 0.659. The highest BCUT2D eigenvalue weighted by Gasteiger charge is 1.99. The largest absolute Gasteiger partial charge is 0.384 e. The first-order chi connectivity index (χ1) is 11.7. The van der Waals surface area contributed by atoms with Gasteiger partial charge < -0.3 is 5.73 Å². The minimum Gasteiger partial charge on any atom is -0.384 e. The summed E-state index contributed by atoms with van der Waals surface area (Å²) in [5.41, 5.74) is 10.5. The summed E-state index contributed by atoms with van der Waals surface area (Å²) in [6.45, 7) is 10.1. The number of nitrogens with zero attached hydrogens (tertiary/aromatic N) is 1. The SMILES string of the molecule is C/C=C(\N)N/N=C(\C)c1ccc(SCCCCCCC)cc1.CC. The fraction of sp³-hybridized carbons (Fsp3) is 0.550. The molecule has 0 atom stereocenters. The van der Waals surface area contributed by atoms with Crippen LogP contribution in [0.25, 0.3) is 0 Å². The number of nitrogens with two attached hydrogens (primary N) is 1. The number of hydrogen-bond acceptors (Lipinski definition) is 4. The molecule has 0 saturated carbocycles. The quantitative estimate of drug-likeness (QED) is 0.239. The van der Waals surface area contributed by atoms with Gasteiger partial charge in [-0.2, -0.15) is 5.10 Å². The van der Waals surface area contributed by atoms with Crippen LogP contribution in [0.4, 0.5) is 0 Å². The average Bonchev–Trinajstić information content (AvgIpc) is 2.64. The van der Waals surface area contributed by atoms with Gasteiger partial charge in [0.05, 0.1) is 5.71 Å². The summed E-state index contributed by atoms with van der Waals surface area (Å²) < 4.78 is 0. The predicted octanol–water partition coefficient (Wildman–Crippen LogP) is 5.91. The summed E-state index contributed by atoms with van der Waals surface area (Å²) in [5, 5.41) is 4.27. The molecule has 136 valence electrons. The van der Waals surface area contributed by atoms with Crippen LogP contribution in [0.3, 0.4) is 0 Å². The molecule has 1 rings (SSSR count). The second-order valence-corrected chi connectivity index (χ2v) is 6.51. The normalized spacial score (nSPS) is 11.7. The molecule has 0 aliphatic rings. The van der Waals surface area contributed by atoms with Crippen molar-refractivity contribution in [3.8, 4) is 0 Å². The molecule has 24 heavy (non-hydrogen) atoms. The fourth-order valence-electron chi connectivity index (χ4n) is 1.97. The van der Waals surface area contributed by atoms with Crippen molar-refractivity contribution in [2.24, 2.45) is 10.8 Å². The van der Waals surface area contributed by atoms with Crippen LogP contribution in [-0.4, -0.2) is 11.5 Å². The van der Waals surface area contributed by atoms with Crippen molar-refractivity contribution >= 4 is 17.5 Å². The van der Waals surface area contributed by atoms with E-state index in [1.165, 1.54) is 42.8 Å². The number of allylic oxidation sites excluding steroid dienone is 1. The number of benzene rings is 1. The van der Waals surface area contributed by atoms with Gasteiger partial charge in [0, 0.05) is 4.90 Å². The Kier molecular flexibility index (Phi) is 14.2. The maximum absolute atomic E-state index is 5.66. The summed E-state index contributed by atoms with van der Waals surface area (Å²) in [7, 11) is 0. The molecule has 0 aromatic heterocycles. The molecule has 0 aliphatic carbocycles. The van der Waals surface area contributed by atoms with Crippen molar-refractivity contribution in [1.29, 1.82) is 0 Å². The highest BCUT2D eigenvalue weighted by molar-refractivity contribution is 7.99. The van der Waals surface area contributed by atoms with Crippen LogP contribution in [0.1, 0.15) is 72.3 Å². The molecule has 3 nitrogen and oxygen atoms in total. The van der Waals surface area contributed by atoms with Crippen LogP contribution >= 0.6 is 11.8 Å². The minimum atomic E-state index is 0.564. The highest BCUT2D eigenvalue weighted by Crippen LogP contribution is 2.20. The molecular formula is C20H35N3S. The van der Waals surface area contributed by atoms with E-state index in [4.69, 9.17) is 5.73 Å². The van der Waals surface area contributed by atoms with E-state index in [9.17, 15) is 0 Å². The van der Waals surface area contributed by atoms with Gasteiger partial charge in [-0.05, 0) is 49.8 Å². The van der Waals surface area contributed by atoms with Gasteiger partial charge in [-0.1, -0.05) is 58.6 Å². The Labute approximate surface area is 153 Å². The fourth-order valence-corrected chi connectivity index (χ4v) is 2.88. The van der Waals surface area contributed by atoms with E-state index in [0.29, 0.717) is 5.82 Å². The molecule has 0 amide bonds. The summed E-state index contributed by atoms with van der Waals surface area (Å²) >= 11 is 1.94. The third kappa shape index (κ3) is 10.4. The van der Waals surface area contributed by atoms with E-state index in [1.54, 1.807) is 6.08 Å². The first kappa shape index (κ1) is 22.6. The molecular weight excluding hydrogens is 314 g/mol. The molecule has 0 spiro atoms.